The topological polar surface area (TPSA) is 64.9 Å². The Bertz CT molecular complexity index is 1560. The highest BCUT2D eigenvalue weighted by atomic mass is 16.5. The van der Waals surface area contributed by atoms with Gasteiger partial charge in [0.25, 0.3) is 0 Å². The Morgan fingerprint density at radius 1 is 0.629 bits per heavy atom. The first kappa shape index (κ1) is 20.6. The average molecular weight is 456 g/mol. The molecule has 0 amide bonds. The lowest BCUT2D eigenvalue weighted by molar-refractivity contribution is 0.483. The number of nitrogens with one attached hydrogen (secondary N) is 1. The second-order valence-electron chi connectivity index (χ2n) is 7.95. The van der Waals surface area contributed by atoms with Gasteiger partial charge in [-0.3, -0.25) is 4.57 Å². The molecule has 0 saturated heterocycles. The Hall–Kier alpha value is -4.97. The van der Waals surface area contributed by atoms with Gasteiger partial charge in [0, 0.05) is 16.9 Å². The van der Waals surface area contributed by atoms with Crippen LogP contribution in [-0.2, 0) is 0 Å². The molecule has 1 N–H and O–H groups in total. The highest BCUT2D eigenvalue weighted by Gasteiger charge is 2.15. The Kier molecular flexibility index (Phi) is 5.37. The molecule has 2 aromatic heterocycles. The molecule has 0 spiro atoms. The van der Waals surface area contributed by atoms with Crippen molar-refractivity contribution in [2.45, 2.75) is 0 Å². The molecular weight excluding hydrogens is 434 g/mol. The van der Waals surface area contributed by atoms with Gasteiger partial charge >= 0.3 is 0 Å². The first-order valence-electron chi connectivity index (χ1n) is 11.3. The molecule has 0 fully saturated rings. The standard InChI is InChI=1S/C29H21N5O/c1-4-10-21(11-5-1)27-32-28(26-29(33-27)34(20-30-26)23-12-6-2-7-13-23)31-22-16-18-25(19-17-22)35-24-14-8-3-9-15-24/h1-20H,(H,31,32,33). The van der Waals surface area contributed by atoms with E-state index in [0.29, 0.717) is 17.2 Å². The molecular formula is C29H21N5O. The van der Waals surface area contributed by atoms with Crippen molar-refractivity contribution < 1.29 is 4.74 Å². The fraction of sp³-hybridized carbons (Fsp3) is 0. The Labute approximate surface area is 202 Å². The fourth-order valence-corrected chi connectivity index (χ4v) is 3.85. The van der Waals surface area contributed by atoms with Crippen molar-refractivity contribution in [2.24, 2.45) is 0 Å². The van der Waals surface area contributed by atoms with Crippen molar-refractivity contribution in [2.75, 3.05) is 5.32 Å². The minimum absolute atomic E-state index is 0.627. The zero-order chi connectivity index (χ0) is 23.5. The van der Waals surface area contributed by atoms with Crippen LogP contribution in [-0.4, -0.2) is 19.5 Å². The van der Waals surface area contributed by atoms with E-state index in [2.05, 4.69) is 10.3 Å². The van der Waals surface area contributed by atoms with Gasteiger partial charge in [0.2, 0.25) is 0 Å². The lowest BCUT2D eigenvalue weighted by Gasteiger charge is -2.11. The van der Waals surface area contributed by atoms with Crippen LogP contribution in [0.15, 0.2) is 122 Å². The molecule has 6 aromatic rings. The number of benzene rings is 4. The first-order valence-corrected chi connectivity index (χ1v) is 11.3. The summed E-state index contributed by atoms with van der Waals surface area (Å²) in [5.74, 6) is 2.82. The smallest absolute Gasteiger partial charge is 0.170 e. The van der Waals surface area contributed by atoms with Crippen molar-refractivity contribution in [3.63, 3.8) is 0 Å². The SMILES string of the molecule is c1ccc(Oc2ccc(Nc3nc(-c4ccccc4)nc4c3ncn4-c3ccccc3)cc2)cc1. The van der Waals surface area contributed by atoms with E-state index in [9.17, 15) is 0 Å². The number of imidazole rings is 1. The largest absolute Gasteiger partial charge is 0.457 e. The van der Waals surface area contributed by atoms with Crippen LogP contribution in [0.1, 0.15) is 0 Å². The van der Waals surface area contributed by atoms with Crippen molar-refractivity contribution in [3.05, 3.63) is 122 Å². The predicted molar refractivity (Wildman–Crippen MR) is 138 cm³/mol. The van der Waals surface area contributed by atoms with Crippen LogP contribution >= 0.6 is 0 Å². The molecule has 4 aromatic carbocycles. The van der Waals surface area contributed by atoms with Gasteiger partial charge in [-0.25, -0.2) is 15.0 Å². The molecule has 6 nitrogen and oxygen atoms in total. The fourth-order valence-electron chi connectivity index (χ4n) is 3.85. The molecule has 6 heteroatoms. The van der Waals surface area contributed by atoms with Gasteiger partial charge in [0.1, 0.15) is 17.8 Å². The summed E-state index contributed by atoms with van der Waals surface area (Å²) in [6.45, 7) is 0. The molecule has 0 aliphatic carbocycles. The molecule has 0 radical (unpaired) electrons. The maximum atomic E-state index is 5.91. The monoisotopic (exact) mass is 455 g/mol. The predicted octanol–water partition coefficient (Wildman–Crippen LogP) is 7.02. The molecule has 0 aliphatic rings. The van der Waals surface area contributed by atoms with Crippen LogP contribution in [0.25, 0.3) is 28.2 Å². The van der Waals surface area contributed by atoms with Crippen LogP contribution in [0.5, 0.6) is 11.5 Å². The molecule has 0 aliphatic heterocycles. The molecule has 168 valence electrons. The Morgan fingerprint density at radius 2 is 1.26 bits per heavy atom. The number of nitrogens with zero attached hydrogens (tertiary/aromatic N) is 4. The van der Waals surface area contributed by atoms with Gasteiger partial charge in [0.05, 0.1) is 0 Å². The van der Waals surface area contributed by atoms with Gasteiger partial charge in [-0.05, 0) is 48.5 Å². The highest BCUT2D eigenvalue weighted by Crippen LogP contribution is 2.29. The number of para-hydroxylation sites is 2. The number of aromatic nitrogens is 4. The minimum Gasteiger partial charge on any atom is -0.457 e. The van der Waals surface area contributed by atoms with Gasteiger partial charge < -0.3 is 10.1 Å². The summed E-state index contributed by atoms with van der Waals surface area (Å²) in [5.41, 5.74) is 4.22. The van der Waals surface area contributed by atoms with Crippen LogP contribution in [0.2, 0.25) is 0 Å². The van der Waals surface area contributed by atoms with Gasteiger partial charge in [-0.1, -0.05) is 66.7 Å². The molecule has 6 rings (SSSR count). The van der Waals surface area contributed by atoms with E-state index in [1.807, 2.05) is 120 Å². The van der Waals surface area contributed by atoms with Crippen molar-refractivity contribution >= 4 is 22.7 Å². The maximum absolute atomic E-state index is 5.91. The van der Waals surface area contributed by atoms with E-state index in [0.717, 1.165) is 34.1 Å². The van der Waals surface area contributed by atoms with Gasteiger partial charge in [0.15, 0.2) is 22.8 Å². The zero-order valence-corrected chi connectivity index (χ0v) is 18.7. The summed E-state index contributed by atoms with van der Waals surface area (Å²) in [6.07, 6.45) is 1.78. The summed E-state index contributed by atoms with van der Waals surface area (Å²) in [7, 11) is 0. The normalized spacial score (nSPS) is 10.9. The minimum atomic E-state index is 0.627. The van der Waals surface area contributed by atoms with Crippen LogP contribution in [0.4, 0.5) is 11.5 Å². The number of fused-ring (bicyclic) bond motifs is 1. The zero-order valence-electron chi connectivity index (χ0n) is 18.7. The second kappa shape index (κ2) is 9.11. The number of ether oxygens (including phenoxy) is 1. The van der Waals surface area contributed by atoms with Crippen molar-refractivity contribution in [3.8, 4) is 28.6 Å². The van der Waals surface area contributed by atoms with Crippen LogP contribution < -0.4 is 10.1 Å². The lowest BCUT2D eigenvalue weighted by Crippen LogP contribution is -2.01. The van der Waals surface area contributed by atoms with Crippen molar-refractivity contribution in [1.29, 1.82) is 0 Å². The maximum Gasteiger partial charge on any atom is 0.170 e. The average Bonchev–Trinajstić information content (AvgIpc) is 3.36. The third kappa shape index (κ3) is 4.32. The summed E-state index contributed by atoms with van der Waals surface area (Å²) in [5, 5.41) is 3.43. The summed E-state index contributed by atoms with van der Waals surface area (Å²) < 4.78 is 7.89. The van der Waals surface area contributed by atoms with Gasteiger partial charge in [-0.15, -0.1) is 0 Å². The first-order chi connectivity index (χ1) is 17.3. The number of anilines is 2. The van der Waals surface area contributed by atoms with Crippen molar-refractivity contribution in [1.82, 2.24) is 19.5 Å². The molecule has 35 heavy (non-hydrogen) atoms. The van der Waals surface area contributed by atoms with E-state index in [1.165, 1.54) is 0 Å². The number of hydrogen-bond donors (Lipinski definition) is 1. The molecule has 0 bridgehead atoms. The third-order valence-electron chi connectivity index (χ3n) is 5.56. The summed E-state index contributed by atoms with van der Waals surface area (Å²) in [4.78, 5) is 14.4. The molecule has 0 unspecified atom stereocenters. The van der Waals surface area contributed by atoms with E-state index >= 15 is 0 Å². The highest BCUT2D eigenvalue weighted by molar-refractivity contribution is 5.88. The summed E-state index contributed by atoms with van der Waals surface area (Å²) in [6, 6.07) is 37.5. The van der Waals surface area contributed by atoms with Gasteiger partial charge in [-0.2, -0.15) is 0 Å². The van der Waals surface area contributed by atoms with Crippen LogP contribution in [0.3, 0.4) is 0 Å². The van der Waals surface area contributed by atoms with E-state index in [4.69, 9.17) is 14.7 Å². The molecule has 0 saturated carbocycles. The quantitative estimate of drug-likeness (QED) is 0.292. The Morgan fingerprint density at radius 3 is 1.97 bits per heavy atom. The van der Waals surface area contributed by atoms with Crippen LogP contribution in [0, 0.1) is 0 Å². The van der Waals surface area contributed by atoms with E-state index in [-0.39, 0.29) is 0 Å². The van der Waals surface area contributed by atoms with E-state index < -0.39 is 0 Å². The lowest BCUT2D eigenvalue weighted by atomic mass is 10.2. The number of hydrogen-bond acceptors (Lipinski definition) is 5. The Balaban J connectivity index is 1.38. The third-order valence-corrected chi connectivity index (χ3v) is 5.56. The second-order valence-corrected chi connectivity index (χ2v) is 7.95. The molecule has 0 atom stereocenters. The number of rotatable bonds is 6. The van der Waals surface area contributed by atoms with E-state index in [1.54, 1.807) is 6.33 Å². The summed E-state index contributed by atoms with van der Waals surface area (Å²) >= 11 is 0. The molecule has 2 heterocycles.